The molecule has 0 aliphatic carbocycles. The van der Waals surface area contributed by atoms with Crippen molar-refractivity contribution in [2.75, 3.05) is 0 Å². The fourth-order valence-electron chi connectivity index (χ4n) is 2.48. The van der Waals surface area contributed by atoms with Crippen molar-refractivity contribution >= 4 is 21.9 Å². The van der Waals surface area contributed by atoms with E-state index in [1.54, 1.807) is 20.8 Å². The van der Waals surface area contributed by atoms with Crippen molar-refractivity contribution in [1.29, 1.82) is 0 Å². The van der Waals surface area contributed by atoms with Gasteiger partial charge in [0.25, 0.3) is 5.91 Å². The lowest BCUT2D eigenvalue weighted by molar-refractivity contribution is -0.130. The molecule has 0 saturated carbocycles. The van der Waals surface area contributed by atoms with Gasteiger partial charge in [-0.25, -0.2) is 31.1 Å². The molecule has 2 aromatic rings. The van der Waals surface area contributed by atoms with E-state index in [4.69, 9.17) is 4.74 Å². The number of ether oxygens (including phenoxy) is 1. The molecular formula is C21H23F3N2O5S. The molecule has 0 bridgehead atoms. The number of benzene rings is 2. The van der Waals surface area contributed by atoms with E-state index >= 15 is 0 Å². The Kier molecular flexibility index (Phi) is 7.68. The van der Waals surface area contributed by atoms with E-state index in [2.05, 4.69) is 10.0 Å². The van der Waals surface area contributed by atoms with Crippen LogP contribution in [-0.4, -0.2) is 31.9 Å². The van der Waals surface area contributed by atoms with E-state index in [1.807, 2.05) is 0 Å². The van der Waals surface area contributed by atoms with Gasteiger partial charge in [0.1, 0.15) is 4.90 Å². The highest BCUT2D eigenvalue weighted by atomic mass is 32.2. The zero-order chi connectivity index (χ0) is 24.3. The lowest BCUT2D eigenvalue weighted by atomic mass is 10.1. The molecule has 0 aromatic heterocycles. The molecule has 0 radical (unpaired) electrons. The Hall–Kier alpha value is -2.92. The van der Waals surface area contributed by atoms with E-state index in [0.717, 1.165) is 0 Å². The summed E-state index contributed by atoms with van der Waals surface area (Å²) in [5.74, 6) is -6.42. The molecule has 11 heteroatoms. The molecule has 0 aliphatic rings. The second-order valence-electron chi connectivity index (χ2n) is 7.98. The number of halogens is 3. The molecule has 0 fully saturated rings. The van der Waals surface area contributed by atoms with Gasteiger partial charge in [0, 0.05) is 12.1 Å². The molecule has 0 spiro atoms. The maximum atomic E-state index is 13.8. The van der Waals surface area contributed by atoms with Gasteiger partial charge in [-0.2, -0.15) is 0 Å². The van der Waals surface area contributed by atoms with E-state index in [1.165, 1.54) is 31.2 Å². The molecule has 0 heterocycles. The minimum atomic E-state index is -4.46. The van der Waals surface area contributed by atoms with Crippen molar-refractivity contribution in [3.05, 3.63) is 65.0 Å². The first kappa shape index (κ1) is 25.3. The summed E-state index contributed by atoms with van der Waals surface area (Å²) in [6.45, 7) is 6.48. The molecule has 2 rings (SSSR count). The van der Waals surface area contributed by atoms with Crippen LogP contribution in [-0.2, 0) is 26.1 Å². The first-order valence-corrected chi connectivity index (χ1v) is 10.9. The van der Waals surface area contributed by atoms with Crippen LogP contribution in [0.25, 0.3) is 0 Å². The summed E-state index contributed by atoms with van der Waals surface area (Å²) in [4.78, 5) is 23.2. The number of rotatable bonds is 7. The number of nitrogens with one attached hydrogen (secondary N) is 2. The summed E-state index contributed by atoms with van der Waals surface area (Å²) in [6, 6.07) is 6.68. The van der Waals surface area contributed by atoms with E-state index in [9.17, 15) is 31.2 Å². The molecule has 0 saturated heterocycles. The van der Waals surface area contributed by atoms with Gasteiger partial charge in [0.15, 0.2) is 23.6 Å². The maximum absolute atomic E-state index is 13.8. The van der Waals surface area contributed by atoms with Crippen molar-refractivity contribution in [2.45, 2.75) is 50.8 Å². The van der Waals surface area contributed by atoms with Gasteiger partial charge in [0.2, 0.25) is 10.0 Å². The number of amides is 1. The Labute approximate surface area is 184 Å². The van der Waals surface area contributed by atoms with Crippen LogP contribution in [0.3, 0.4) is 0 Å². The average Bonchev–Trinajstić information content (AvgIpc) is 2.69. The van der Waals surface area contributed by atoms with Gasteiger partial charge in [0.05, 0.1) is 5.56 Å². The number of carbonyl (C=O) groups is 2. The minimum Gasteiger partial charge on any atom is -0.449 e. The molecular weight excluding hydrogens is 449 g/mol. The fourth-order valence-corrected chi connectivity index (χ4v) is 3.57. The lowest BCUT2D eigenvalue weighted by Crippen LogP contribution is -2.46. The minimum absolute atomic E-state index is 0.124. The monoisotopic (exact) mass is 472 g/mol. The average molecular weight is 472 g/mol. The van der Waals surface area contributed by atoms with Gasteiger partial charge in [-0.3, -0.25) is 4.79 Å². The Morgan fingerprint density at radius 2 is 1.59 bits per heavy atom. The molecule has 1 amide bonds. The van der Waals surface area contributed by atoms with Gasteiger partial charge >= 0.3 is 5.97 Å². The van der Waals surface area contributed by atoms with Crippen molar-refractivity contribution in [1.82, 2.24) is 10.0 Å². The summed E-state index contributed by atoms with van der Waals surface area (Å²) < 4.78 is 71.7. The Bertz CT molecular complexity index is 1110. The topological polar surface area (TPSA) is 102 Å². The Balaban J connectivity index is 2.01. The lowest BCUT2D eigenvalue weighted by Gasteiger charge is -2.23. The van der Waals surface area contributed by atoms with Crippen molar-refractivity contribution < 1.29 is 35.9 Å². The van der Waals surface area contributed by atoms with Crippen molar-refractivity contribution in [2.24, 2.45) is 0 Å². The van der Waals surface area contributed by atoms with Gasteiger partial charge in [-0.1, -0.05) is 12.1 Å². The van der Waals surface area contributed by atoms with Gasteiger partial charge < -0.3 is 10.1 Å². The van der Waals surface area contributed by atoms with E-state index in [0.29, 0.717) is 17.7 Å². The second-order valence-corrected chi connectivity index (χ2v) is 9.72. The molecule has 0 aliphatic heterocycles. The number of carbonyl (C=O) groups excluding carboxylic acids is 2. The molecule has 174 valence electrons. The predicted octanol–water partition coefficient (Wildman–Crippen LogP) is 3.04. The van der Waals surface area contributed by atoms with Gasteiger partial charge in [-0.15, -0.1) is 0 Å². The number of hydrogen-bond donors (Lipinski definition) is 2. The largest absolute Gasteiger partial charge is 0.449 e. The zero-order valence-electron chi connectivity index (χ0n) is 17.8. The molecule has 1 unspecified atom stereocenters. The number of hydrogen-bond acceptors (Lipinski definition) is 5. The second kappa shape index (κ2) is 9.70. The molecule has 2 N–H and O–H groups in total. The number of esters is 1. The van der Waals surface area contributed by atoms with Crippen molar-refractivity contribution in [3.8, 4) is 0 Å². The first-order valence-electron chi connectivity index (χ1n) is 9.46. The third-order valence-electron chi connectivity index (χ3n) is 4.10. The third kappa shape index (κ3) is 6.54. The Morgan fingerprint density at radius 3 is 2.16 bits per heavy atom. The van der Waals surface area contributed by atoms with E-state index < -0.39 is 55.9 Å². The SMILES string of the molecule is CC(OC(=O)c1ccc(CNS(=O)(=O)c2ccc(F)c(F)c2F)cc1)C(=O)NC(C)(C)C. The number of sulfonamides is 1. The highest BCUT2D eigenvalue weighted by Gasteiger charge is 2.25. The maximum Gasteiger partial charge on any atom is 0.338 e. The zero-order valence-corrected chi connectivity index (χ0v) is 18.6. The van der Waals surface area contributed by atoms with Crippen LogP contribution >= 0.6 is 0 Å². The molecule has 7 nitrogen and oxygen atoms in total. The van der Waals surface area contributed by atoms with Gasteiger partial charge in [-0.05, 0) is 57.5 Å². The summed E-state index contributed by atoms with van der Waals surface area (Å²) >= 11 is 0. The molecule has 32 heavy (non-hydrogen) atoms. The van der Waals surface area contributed by atoms with Crippen LogP contribution in [0, 0.1) is 17.5 Å². The van der Waals surface area contributed by atoms with Crippen molar-refractivity contribution in [3.63, 3.8) is 0 Å². The fraction of sp³-hybridized carbons (Fsp3) is 0.333. The predicted molar refractivity (Wildman–Crippen MR) is 110 cm³/mol. The van der Waals surface area contributed by atoms with Crippen LogP contribution in [0.5, 0.6) is 0 Å². The summed E-state index contributed by atoms with van der Waals surface area (Å²) in [7, 11) is -4.46. The molecule has 1 atom stereocenters. The van der Waals surface area contributed by atoms with Crippen LogP contribution in [0.2, 0.25) is 0 Å². The smallest absolute Gasteiger partial charge is 0.338 e. The Morgan fingerprint density at radius 1 is 1.00 bits per heavy atom. The van der Waals surface area contributed by atoms with Crippen LogP contribution in [0.4, 0.5) is 13.2 Å². The summed E-state index contributed by atoms with van der Waals surface area (Å²) in [5.41, 5.74) is 0.0281. The van der Waals surface area contributed by atoms with Crippen LogP contribution in [0.15, 0.2) is 41.3 Å². The summed E-state index contributed by atoms with van der Waals surface area (Å²) in [5, 5.41) is 2.69. The highest BCUT2D eigenvalue weighted by Crippen LogP contribution is 2.20. The first-order chi connectivity index (χ1) is 14.7. The third-order valence-corrected chi connectivity index (χ3v) is 5.52. The van der Waals surface area contributed by atoms with Crippen LogP contribution in [0.1, 0.15) is 43.6 Å². The summed E-state index contributed by atoms with van der Waals surface area (Å²) in [6.07, 6.45) is -1.03. The normalized spacial score (nSPS) is 12.8. The van der Waals surface area contributed by atoms with E-state index in [-0.39, 0.29) is 12.1 Å². The highest BCUT2D eigenvalue weighted by molar-refractivity contribution is 7.89. The van der Waals surface area contributed by atoms with Crippen LogP contribution < -0.4 is 10.0 Å². The molecule has 2 aromatic carbocycles. The quantitative estimate of drug-likeness (QED) is 0.477. The standard InChI is InChI=1S/C21H23F3N2O5S/c1-12(19(27)26-21(2,3)4)31-20(28)14-7-5-13(6-8-14)11-25-32(29,30)16-10-9-15(22)17(23)18(16)24/h5-10,12,25H,11H2,1-4H3,(H,26,27).